The minimum atomic E-state index is 1.32. The van der Waals surface area contributed by atoms with Gasteiger partial charge in [0.05, 0.1) is 0 Å². The molecule has 0 fully saturated rings. The van der Waals surface area contributed by atoms with Gasteiger partial charge in [-0.2, -0.15) is 0 Å². The maximum atomic E-state index is 5.50. The van der Waals surface area contributed by atoms with E-state index in [1.165, 1.54) is 5.56 Å². The molecule has 0 aromatic heterocycles. The standard InChI is InChI=1S/C7H8.H2N3/c1-7-5-3-2-4-6-7;1-3-2/h2-6H,1H3;1-2H/q;+1. The van der Waals surface area contributed by atoms with E-state index in [1.54, 1.807) is 0 Å². The Labute approximate surface area is 59.7 Å². The van der Waals surface area contributed by atoms with Crippen LogP contribution in [0.25, 0.3) is 0 Å². The summed E-state index contributed by atoms with van der Waals surface area (Å²) < 4.78 is 0. The molecule has 0 spiro atoms. The first kappa shape index (κ1) is 8.53. The number of hydrogen-bond donors (Lipinski definition) is 2. The Morgan fingerprint density at radius 2 is 1.50 bits per heavy atom. The van der Waals surface area contributed by atoms with Gasteiger partial charge < -0.3 is 0 Å². The van der Waals surface area contributed by atoms with Crippen molar-refractivity contribution in [1.82, 2.24) is 4.91 Å². The second kappa shape index (κ2) is 5.66. The molecular weight excluding hydrogens is 126 g/mol. The number of nitrogens with zero attached hydrogens (tertiary/aromatic N) is 1. The van der Waals surface area contributed by atoms with Crippen molar-refractivity contribution in [2.24, 2.45) is 0 Å². The topological polar surface area (TPSA) is 61.8 Å². The van der Waals surface area contributed by atoms with Crippen LogP contribution in [-0.2, 0) is 0 Å². The number of benzene rings is 1. The molecule has 52 valence electrons. The average molecular weight is 136 g/mol. The summed E-state index contributed by atoms with van der Waals surface area (Å²) in [5, 5.41) is 0. The molecule has 0 heterocycles. The normalized spacial score (nSPS) is 6.90. The minimum absolute atomic E-state index is 1.32. The Balaban J connectivity index is 0.000000236. The van der Waals surface area contributed by atoms with Crippen LogP contribution in [-0.4, -0.2) is 0 Å². The zero-order valence-electron chi connectivity index (χ0n) is 5.83. The van der Waals surface area contributed by atoms with E-state index in [0.717, 1.165) is 0 Å². The Bertz CT molecular complexity index is 199. The molecule has 10 heavy (non-hydrogen) atoms. The van der Waals surface area contributed by atoms with Crippen LogP contribution in [0.4, 0.5) is 0 Å². The highest BCUT2D eigenvalue weighted by Crippen LogP contribution is 1.92. The van der Waals surface area contributed by atoms with Crippen LogP contribution >= 0.6 is 0 Å². The third-order valence-electron chi connectivity index (χ3n) is 0.940. The van der Waals surface area contributed by atoms with Crippen molar-refractivity contribution in [2.75, 3.05) is 0 Å². The van der Waals surface area contributed by atoms with E-state index in [-0.39, 0.29) is 0 Å². The lowest BCUT2D eigenvalue weighted by atomic mass is 10.2. The first-order valence-corrected chi connectivity index (χ1v) is 2.86. The summed E-state index contributed by atoms with van der Waals surface area (Å²) in [5.41, 5.74) is 12.3. The maximum absolute atomic E-state index is 5.50. The van der Waals surface area contributed by atoms with Crippen molar-refractivity contribution < 1.29 is 0 Å². The van der Waals surface area contributed by atoms with Crippen molar-refractivity contribution >= 4 is 0 Å². The molecule has 3 heteroatoms. The van der Waals surface area contributed by atoms with Crippen molar-refractivity contribution in [1.29, 1.82) is 11.1 Å². The van der Waals surface area contributed by atoms with Crippen LogP contribution < -0.4 is 4.91 Å². The maximum Gasteiger partial charge on any atom is 0.211 e. The van der Waals surface area contributed by atoms with Crippen molar-refractivity contribution in [3.8, 4) is 0 Å². The van der Waals surface area contributed by atoms with Crippen LogP contribution in [0.3, 0.4) is 0 Å². The second-order valence-electron chi connectivity index (χ2n) is 1.77. The minimum Gasteiger partial charge on any atom is -0.0622 e. The summed E-state index contributed by atoms with van der Waals surface area (Å²) in [6.45, 7) is 2.08. The zero-order chi connectivity index (χ0) is 7.82. The van der Waals surface area contributed by atoms with Gasteiger partial charge in [-0.1, -0.05) is 35.9 Å². The summed E-state index contributed by atoms with van der Waals surface area (Å²) in [6.07, 6.45) is 0. The molecule has 0 amide bonds. The lowest BCUT2D eigenvalue weighted by Crippen LogP contribution is -1.62. The summed E-state index contributed by atoms with van der Waals surface area (Å²) in [6, 6.07) is 10.3. The molecule has 1 rings (SSSR count). The zero-order valence-corrected chi connectivity index (χ0v) is 5.83. The fraction of sp³-hybridized carbons (Fsp3) is 0.143. The fourth-order valence-corrected chi connectivity index (χ4v) is 0.534. The van der Waals surface area contributed by atoms with Gasteiger partial charge in [0.1, 0.15) is 11.1 Å². The lowest BCUT2D eigenvalue weighted by molar-refractivity contribution is 0.928. The fourth-order valence-electron chi connectivity index (χ4n) is 0.534. The molecule has 0 bridgehead atoms. The van der Waals surface area contributed by atoms with Gasteiger partial charge in [0.25, 0.3) is 0 Å². The third-order valence-corrected chi connectivity index (χ3v) is 0.940. The molecule has 0 saturated carbocycles. The van der Waals surface area contributed by atoms with Gasteiger partial charge >= 0.3 is 0 Å². The quantitative estimate of drug-likeness (QED) is 0.405. The summed E-state index contributed by atoms with van der Waals surface area (Å²) in [5.74, 6) is 0. The average Bonchev–Trinajstić information content (AvgIpc) is 1.91. The van der Waals surface area contributed by atoms with E-state index in [4.69, 9.17) is 11.1 Å². The highest BCUT2D eigenvalue weighted by molar-refractivity contribution is 5.11. The molecule has 0 aliphatic heterocycles. The highest BCUT2D eigenvalue weighted by atomic mass is 15.0. The predicted octanol–water partition coefficient (Wildman–Crippen LogP) is 2.11. The molecule has 0 aliphatic rings. The Kier molecular flexibility index (Phi) is 4.83. The van der Waals surface area contributed by atoms with Gasteiger partial charge in [-0.25, -0.2) is 0 Å². The van der Waals surface area contributed by atoms with E-state index < -0.39 is 0 Å². The molecule has 0 saturated heterocycles. The van der Waals surface area contributed by atoms with E-state index in [1.807, 2.05) is 23.1 Å². The Hall–Kier alpha value is -1.47. The smallest absolute Gasteiger partial charge is 0.0622 e. The molecule has 3 nitrogen and oxygen atoms in total. The first-order chi connectivity index (χ1) is 4.81. The third kappa shape index (κ3) is 4.68. The van der Waals surface area contributed by atoms with E-state index in [2.05, 4.69) is 19.1 Å². The van der Waals surface area contributed by atoms with Crippen molar-refractivity contribution in [3.63, 3.8) is 0 Å². The predicted molar refractivity (Wildman–Crippen MR) is 38.8 cm³/mol. The largest absolute Gasteiger partial charge is 0.211 e. The molecule has 0 aliphatic carbocycles. The van der Waals surface area contributed by atoms with Gasteiger partial charge in [0.15, 0.2) is 0 Å². The molecular formula is C7H10N3+. The van der Waals surface area contributed by atoms with Gasteiger partial charge in [-0.15, -0.1) is 0 Å². The van der Waals surface area contributed by atoms with E-state index in [0.29, 0.717) is 0 Å². The summed E-state index contributed by atoms with van der Waals surface area (Å²) in [7, 11) is 0. The second-order valence-corrected chi connectivity index (χ2v) is 1.77. The van der Waals surface area contributed by atoms with Gasteiger partial charge in [0.2, 0.25) is 4.91 Å². The van der Waals surface area contributed by atoms with Crippen molar-refractivity contribution in [2.45, 2.75) is 6.92 Å². The lowest BCUT2D eigenvalue weighted by Gasteiger charge is -1.82. The molecule has 0 unspecified atom stereocenters. The molecule has 1 aromatic rings. The van der Waals surface area contributed by atoms with Crippen LogP contribution in [0.2, 0.25) is 0 Å². The number of rotatable bonds is 0. The highest BCUT2D eigenvalue weighted by Gasteiger charge is 1.72. The number of nitrogens with one attached hydrogen (secondary N) is 2. The molecule has 0 atom stereocenters. The molecule has 1 aromatic carbocycles. The van der Waals surface area contributed by atoms with E-state index in [9.17, 15) is 0 Å². The monoisotopic (exact) mass is 136 g/mol. The summed E-state index contributed by atoms with van der Waals surface area (Å²) >= 11 is 0. The summed E-state index contributed by atoms with van der Waals surface area (Å²) in [4.78, 5) is 2.00. The van der Waals surface area contributed by atoms with Gasteiger partial charge in [-0.05, 0) is 6.92 Å². The Morgan fingerprint density at radius 1 is 1.10 bits per heavy atom. The molecule has 2 N–H and O–H groups in total. The van der Waals surface area contributed by atoms with Crippen LogP contribution in [0, 0.1) is 18.0 Å². The van der Waals surface area contributed by atoms with Crippen LogP contribution in [0.1, 0.15) is 5.56 Å². The van der Waals surface area contributed by atoms with Gasteiger partial charge in [-0.3, -0.25) is 0 Å². The SMILES string of the molecule is Cc1ccccc1.N=[N+]=N. The van der Waals surface area contributed by atoms with Crippen LogP contribution in [0.5, 0.6) is 0 Å². The van der Waals surface area contributed by atoms with Crippen LogP contribution in [0.15, 0.2) is 30.3 Å². The van der Waals surface area contributed by atoms with Gasteiger partial charge in [0, 0.05) is 0 Å². The Morgan fingerprint density at radius 3 is 1.70 bits per heavy atom. The first-order valence-electron chi connectivity index (χ1n) is 2.86. The molecule has 0 radical (unpaired) electrons. The number of aryl methyl sites for hydroxylation is 1. The van der Waals surface area contributed by atoms with Crippen molar-refractivity contribution in [3.05, 3.63) is 35.9 Å². The number of hydrogen-bond acceptors (Lipinski definition) is 2. The van der Waals surface area contributed by atoms with E-state index >= 15 is 0 Å².